The van der Waals surface area contributed by atoms with Crippen LogP contribution in [-0.4, -0.2) is 30.6 Å². The first kappa shape index (κ1) is 19.2. The van der Waals surface area contributed by atoms with E-state index >= 15 is 0 Å². The third-order valence-electron chi connectivity index (χ3n) is 3.55. The van der Waals surface area contributed by atoms with E-state index in [0.29, 0.717) is 6.42 Å². The van der Waals surface area contributed by atoms with Crippen LogP contribution in [0.25, 0.3) is 0 Å². The van der Waals surface area contributed by atoms with Crippen LogP contribution in [-0.2, 0) is 5.60 Å². The van der Waals surface area contributed by atoms with E-state index in [9.17, 15) is 5.11 Å². The van der Waals surface area contributed by atoms with E-state index in [4.69, 9.17) is 0 Å². The summed E-state index contributed by atoms with van der Waals surface area (Å²) in [7, 11) is 4.09. The molecular weight excluding hydrogens is 270 g/mol. The fourth-order valence-electron chi connectivity index (χ4n) is 2.39. The predicted molar refractivity (Wildman–Crippen MR) is 89.4 cm³/mol. The van der Waals surface area contributed by atoms with Crippen molar-refractivity contribution in [2.75, 3.05) is 20.6 Å². The molecule has 0 saturated carbocycles. The number of halogens is 1. The minimum absolute atomic E-state index is 0. The number of rotatable bonds is 6. The van der Waals surface area contributed by atoms with Crippen LogP contribution in [0.15, 0.2) is 42.0 Å². The monoisotopic (exact) mass is 297 g/mol. The van der Waals surface area contributed by atoms with Gasteiger partial charge in [-0.3, -0.25) is 0 Å². The van der Waals surface area contributed by atoms with Gasteiger partial charge in [0, 0.05) is 12.5 Å². The van der Waals surface area contributed by atoms with E-state index in [-0.39, 0.29) is 18.3 Å². The maximum atomic E-state index is 11.2. The van der Waals surface area contributed by atoms with Crippen molar-refractivity contribution in [2.45, 2.75) is 32.8 Å². The molecule has 2 unspecified atom stereocenters. The summed E-state index contributed by atoms with van der Waals surface area (Å²) in [4.78, 5) is 2.13. The van der Waals surface area contributed by atoms with Crippen LogP contribution < -0.4 is 0 Å². The van der Waals surface area contributed by atoms with Gasteiger partial charge >= 0.3 is 0 Å². The quantitative estimate of drug-likeness (QED) is 0.806. The Bertz CT molecular complexity index is 412. The van der Waals surface area contributed by atoms with Crippen molar-refractivity contribution in [1.29, 1.82) is 0 Å². The van der Waals surface area contributed by atoms with Crippen LogP contribution in [0.5, 0.6) is 0 Å². The summed E-state index contributed by atoms with van der Waals surface area (Å²) < 4.78 is 0. The van der Waals surface area contributed by atoms with Gasteiger partial charge in [0.15, 0.2) is 0 Å². The maximum Gasteiger partial charge on any atom is 0.0968 e. The highest BCUT2D eigenvalue weighted by Gasteiger charge is 2.34. The van der Waals surface area contributed by atoms with Crippen LogP contribution in [0, 0.1) is 5.92 Å². The molecule has 1 rings (SSSR count). The molecule has 0 fully saturated rings. The molecule has 20 heavy (non-hydrogen) atoms. The van der Waals surface area contributed by atoms with E-state index in [0.717, 1.165) is 12.1 Å². The molecule has 1 aromatic carbocycles. The van der Waals surface area contributed by atoms with Crippen molar-refractivity contribution < 1.29 is 5.11 Å². The second-order valence-corrected chi connectivity index (χ2v) is 5.94. The van der Waals surface area contributed by atoms with Crippen LogP contribution in [0.2, 0.25) is 0 Å². The lowest BCUT2D eigenvalue weighted by Gasteiger charge is -2.35. The first-order chi connectivity index (χ1) is 8.86. The lowest BCUT2D eigenvalue weighted by molar-refractivity contribution is -0.0232. The Morgan fingerprint density at radius 1 is 1.25 bits per heavy atom. The van der Waals surface area contributed by atoms with E-state index in [2.05, 4.69) is 31.7 Å². The molecule has 0 amide bonds. The third-order valence-corrected chi connectivity index (χ3v) is 3.55. The maximum absolute atomic E-state index is 11.2. The zero-order chi connectivity index (χ0) is 14.5. The van der Waals surface area contributed by atoms with Crippen LogP contribution in [0.4, 0.5) is 0 Å². The lowest BCUT2D eigenvalue weighted by atomic mass is 9.79. The van der Waals surface area contributed by atoms with Crippen molar-refractivity contribution in [2.24, 2.45) is 5.92 Å². The fourth-order valence-corrected chi connectivity index (χ4v) is 2.39. The van der Waals surface area contributed by atoms with Gasteiger partial charge in [-0.15, -0.1) is 12.4 Å². The minimum Gasteiger partial charge on any atom is -0.385 e. The third kappa shape index (κ3) is 5.28. The average molecular weight is 298 g/mol. The second kappa shape index (κ2) is 8.46. The normalized spacial score (nSPS) is 15.2. The van der Waals surface area contributed by atoms with Crippen LogP contribution >= 0.6 is 12.4 Å². The van der Waals surface area contributed by atoms with Crippen molar-refractivity contribution in [3.63, 3.8) is 0 Å². The van der Waals surface area contributed by atoms with Gasteiger partial charge < -0.3 is 10.0 Å². The van der Waals surface area contributed by atoms with Crippen LogP contribution in [0.1, 0.15) is 32.8 Å². The summed E-state index contributed by atoms with van der Waals surface area (Å²) in [6, 6.07) is 10.0. The topological polar surface area (TPSA) is 23.5 Å². The summed E-state index contributed by atoms with van der Waals surface area (Å²) in [5, 5.41) is 11.2. The first-order valence-electron chi connectivity index (χ1n) is 6.92. The molecule has 0 aliphatic heterocycles. The average Bonchev–Trinajstić information content (AvgIpc) is 2.36. The molecule has 3 heteroatoms. The Morgan fingerprint density at radius 2 is 1.80 bits per heavy atom. The summed E-state index contributed by atoms with van der Waals surface area (Å²) in [6.45, 7) is 7.12. The molecule has 1 N–H and O–H groups in total. The fraction of sp³-hybridized carbons (Fsp3) is 0.529. The van der Waals surface area contributed by atoms with Gasteiger partial charge in [-0.25, -0.2) is 0 Å². The summed E-state index contributed by atoms with van der Waals surface area (Å²) >= 11 is 0. The highest BCUT2D eigenvalue weighted by Crippen LogP contribution is 2.34. The van der Waals surface area contributed by atoms with Crippen molar-refractivity contribution in [1.82, 2.24) is 4.90 Å². The zero-order valence-corrected chi connectivity index (χ0v) is 14.1. The summed E-state index contributed by atoms with van der Waals surface area (Å²) in [6.07, 6.45) is 2.79. The molecule has 0 aliphatic carbocycles. The molecule has 0 saturated heterocycles. The van der Waals surface area contributed by atoms with Gasteiger partial charge in [0.05, 0.1) is 5.60 Å². The molecule has 0 aromatic heterocycles. The number of nitrogens with zero attached hydrogens (tertiary/aromatic N) is 1. The van der Waals surface area contributed by atoms with E-state index in [1.807, 2.05) is 44.4 Å². The Kier molecular flexibility index (Phi) is 8.10. The SMILES string of the molecule is CC(C)=CCC(O)(c1ccccc1)C(C)CN(C)C.Cl. The van der Waals surface area contributed by atoms with Gasteiger partial charge in [-0.1, -0.05) is 48.9 Å². The van der Waals surface area contributed by atoms with Crippen molar-refractivity contribution in [3.05, 3.63) is 47.5 Å². The van der Waals surface area contributed by atoms with Gasteiger partial charge in [0.1, 0.15) is 0 Å². The largest absolute Gasteiger partial charge is 0.385 e. The molecule has 0 aliphatic rings. The van der Waals surface area contributed by atoms with Crippen molar-refractivity contribution in [3.8, 4) is 0 Å². The summed E-state index contributed by atoms with van der Waals surface area (Å²) in [5.74, 6) is 0.167. The number of allylic oxidation sites excluding steroid dienone is 1. The number of hydrogen-bond donors (Lipinski definition) is 1. The Labute approximate surface area is 129 Å². The highest BCUT2D eigenvalue weighted by atomic mass is 35.5. The van der Waals surface area contributed by atoms with Crippen LogP contribution in [0.3, 0.4) is 0 Å². The molecule has 2 atom stereocenters. The molecule has 0 bridgehead atoms. The lowest BCUT2D eigenvalue weighted by Crippen LogP contribution is -2.38. The Morgan fingerprint density at radius 3 is 2.25 bits per heavy atom. The van der Waals surface area contributed by atoms with Gasteiger partial charge in [-0.2, -0.15) is 0 Å². The smallest absolute Gasteiger partial charge is 0.0968 e. The van der Waals surface area contributed by atoms with Gasteiger partial charge in [-0.05, 0) is 39.9 Å². The molecule has 0 radical (unpaired) electrons. The molecule has 1 aromatic rings. The van der Waals surface area contributed by atoms with Crippen molar-refractivity contribution >= 4 is 12.4 Å². The number of hydrogen-bond acceptors (Lipinski definition) is 2. The van der Waals surface area contributed by atoms with E-state index < -0.39 is 5.60 Å². The van der Waals surface area contributed by atoms with E-state index in [1.165, 1.54) is 5.57 Å². The Balaban J connectivity index is 0.00000361. The number of benzene rings is 1. The zero-order valence-electron chi connectivity index (χ0n) is 13.3. The molecule has 0 heterocycles. The van der Waals surface area contributed by atoms with Gasteiger partial charge in [0.25, 0.3) is 0 Å². The van der Waals surface area contributed by atoms with Gasteiger partial charge in [0.2, 0.25) is 0 Å². The standard InChI is InChI=1S/C17H27NO.ClH/c1-14(2)11-12-17(19,15(3)13-18(4)5)16-9-7-6-8-10-16;/h6-11,15,19H,12-13H2,1-5H3;1H. The first-order valence-corrected chi connectivity index (χ1v) is 6.92. The number of aliphatic hydroxyl groups is 1. The molecule has 0 spiro atoms. The molecular formula is C17H28ClNO. The summed E-state index contributed by atoms with van der Waals surface area (Å²) in [5.41, 5.74) is 1.44. The predicted octanol–water partition coefficient (Wildman–Crippen LogP) is 3.85. The minimum atomic E-state index is -0.803. The highest BCUT2D eigenvalue weighted by molar-refractivity contribution is 5.85. The second-order valence-electron chi connectivity index (χ2n) is 5.94. The molecule has 114 valence electrons. The van der Waals surface area contributed by atoms with E-state index in [1.54, 1.807) is 0 Å². The Hall–Kier alpha value is -0.830. The molecule has 2 nitrogen and oxygen atoms in total.